The zero-order valence-electron chi connectivity index (χ0n) is 11.8. The summed E-state index contributed by atoms with van der Waals surface area (Å²) >= 11 is 0. The number of nitrogens with zero attached hydrogens (tertiary/aromatic N) is 1. The molecule has 0 spiro atoms. The summed E-state index contributed by atoms with van der Waals surface area (Å²) in [4.78, 5) is 13.9. The molecule has 4 heteroatoms. The predicted molar refractivity (Wildman–Crippen MR) is 77.6 cm³/mol. The van der Waals surface area contributed by atoms with Gasteiger partial charge in [0.05, 0.1) is 0 Å². The summed E-state index contributed by atoms with van der Waals surface area (Å²) in [5, 5.41) is 0. The van der Waals surface area contributed by atoms with Crippen LogP contribution in [0.2, 0.25) is 0 Å². The number of carbonyl (C=O) groups excluding carboxylic acids is 1. The number of nitrogens with two attached hydrogens (primary N) is 1. The molecule has 0 aromatic heterocycles. The Morgan fingerprint density at radius 2 is 2.10 bits per heavy atom. The highest BCUT2D eigenvalue weighted by atomic mass is 16.5. The Labute approximate surface area is 119 Å². The van der Waals surface area contributed by atoms with Crippen LogP contribution < -0.4 is 10.5 Å². The van der Waals surface area contributed by atoms with E-state index in [4.69, 9.17) is 10.5 Å². The van der Waals surface area contributed by atoms with Gasteiger partial charge in [-0.3, -0.25) is 4.79 Å². The molecule has 1 fully saturated rings. The Hall–Kier alpha value is -1.55. The number of rotatable bonds is 3. The van der Waals surface area contributed by atoms with Crippen molar-refractivity contribution in [3.63, 3.8) is 0 Å². The summed E-state index contributed by atoms with van der Waals surface area (Å²) in [5.41, 5.74) is 8.52. The van der Waals surface area contributed by atoms with E-state index in [-0.39, 0.29) is 18.6 Å². The van der Waals surface area contributed by atoms with Crippen molar-refractivity contribution in [3.8, 4) is 5.75 Å². The molecule has 1 heterocycles. The van der Waals surface area contributed by atoms with Crippen LogP contribution in [0, 0.1) is 0 Å². The molecular formula is C16H22N2O2. The van der Waals surface area contributed by atoms with Crippen molar-refractivity contribution in [1.29, 1.82) is 0 Å². The number of ether oxygens (including phenoxy) is 1. The highest BCUT2D eigenvalue weighted by Crippen LogP contribution is 2.34. The van der Waals surface area contributed by atoms with Crippen LogP contribution >= 0.6 is 0 Å². The monoisotopic (exact) mass is 274 g/mol. The highest BCUT2D eigenvalue weighted by molar-refractivity contribution is 5.78. The molecule has 1 aromatic rings. The predicted octanol–water partition coefficient (Wildman–Crippen LogP) is 2.02. The Morgan fingerprint density at radius 1 is 1.30 bits per heavy atom. The van der Waals surface area contributed by atoms with Crippen LogP contribution in [0.4, 0.5) is 0 Å². The second-order valence-electron chi connectivity index (χ2n) is 5.70. The number of amides is 1. The number of carbonyl (C=O) groups is 1. The van der Waals surface area contributed by atoms with E-state index in [2.05, 4.69) is 6.07 Å². The Balaban J connectivity index is 1.68. The second-order valence-corrected chi connectivity index (χ2v) is 5.70. The van der Waals surface area contributed by atoms with Gasteiger partial charge in [-0.2, -0.15) is 0 Å². The van der Waals surface area contributed by atoms with E-state index >= 15 is 0 Å². The lowest BCUT2D eigenvalue weighted by Crippen LogP contribution is -2.32. The molecule has 0 bridgehead atoms. The van der Waals surface area contributed by atoms with E-state index in [1.807, 2.05) is 17.0 Å². The zero-order valence-corrected chi connectivity index (χ0v) is 11.8. The van der Waals surface area contributed by atoms with E-state index in [1.54, 1.807) is 0 Å². The molecule has 108 valence electrons. The van der Waals surface area contributed by atoms with Crippen molar-refractivity contribution in [2.24, 2.45) is 5.73 Å². The van der Waals surface area contributed by atoms with Crippen molar-refractivity contribution in [2.75, 3.05) is 19.7 Å². The average Bonchev–Trinajstić information content (AvgIpc) is 2.99. The average molecular weight is 274 g/mol. The van der Waals surface area contributed by atoms with E-state index in [0.717, 1.165) is 50.9 Å². The fourth-order valence-corrected chi connectivity index (χ4v) is 3.18. The third-order valence-electron chi connectivity index (χ3n) is 4.32. The lowest BCUT2D eigenvalue weighted by molar-refractivity contribution is -0.132. The van der Waals surface area contributed by atoms with Crippen LogP contribution in [0.25, 0.3) is 0 Å². The van der Waals surface area contributed by atoms with Crippen LogP contribution in [0.15, 0.2) is 18.2 Å². The molecule has 1 unspecified atom stereocenters. The van der Waals surface area contributed by atoms with Gasteiger partial charge in [0, 0.05) is 19.1 Å². The quantitative estimate of drug-likeness (QED) is 0.917. The minimum absolute atomic E-state index is 0.0974. The number of fused-ring (bicyclic) bond motifs is 1. The summed E-state index contributed by atoms with van der Waals surface area (Å²) < 4.78 is 5.78. The van der Waals surface area contributed by atoms with Gasteiger partial charge in [0.1, 0.15) is 5.75 Å². The summed E-state index contributed by atoms with van der Waals surface area (Å²) in [6.07, 6.45) is 5.34. The molecule has 1 saturated heterocycles. The molecule has 1 aliphatic heterocycles. The number of benzene rings is 1. The van der Waals surface area contributed by atoms with Crippen molar-refractivity contribution < 1.29 is 9.53 Å². The van der Waals surface area contributed by atoms with Crippen LogP contribution in [0.5, 0.6) is 5.75 Å². The van der Waals surface area contributed by atoms with Crippen molar-refractivity contribution in [3.05, 3.63) is 29.3 Å². The summed E-state index contributed by atoms with van der Waals surface area (Å²) in [5.74, 6) is 0.936. The van der Waals surface area contributed by atoms with Gasteiger partial charge >= 0.3 is 0 Å². The standard InChI is InChI=1S/C16H22N2O2/c17-14-7-3-6-13-12(14)5-4-8-15(13)20-11-16(19)18-9-1-2-10-18/h4-5,8,14H,1-3,6-7,9-11,17H2. The smallest absolute Gasteiger partial charge is 0.260 e. The van der Waals surface area contributed by atoms with Crippen LogP contribution in [0.1, 0.15) is 42.9 Å². The van der Waals surface area contributed by atoms with Gasteiger partial charge in [0.25, 0.3) is 5.91 Å². The normalized spacial score (nSPS) is 21.6. The first kappa shape index (κ1) is 13.4. The largest absolute Gasteiger partial charge is 0.483 e. The first-order chi connectivity index (χ1) is 9.75. The Kier molecular flexibility index (Phi) is 3.92. The molecule has 1 atom stereocenters. The number of hydrogen-bond acceptors (Lipinski definition) is 3. The molecule has 2 aliphatic rings. The summed E-state index contributed by atoms with van der Waals surface area (Å²) in [7, 11) is 0. The zero-order chi connectivity index (χ0) is 13.9. The maximum Gasteiger partial charge on any atom is 0.260 e. The first-order valence-electron chi connectivity index (χ1n) is 7.53. The fraction of sp³-hybridized carbons (Fsp3) is 0.562. The van der Waals surface area contributed by atoms with Crippen LogP contribution in [-0.2, 0) is 11.2 Å². The minimum Gasteiger partial charge on any atom is -0.483 e. The molecule has 1 aromatic carbocycles. The molecule has 2 N–H and O–H groups in total. The van der Waals surface area contributed by atoms with E-state index < -0.39 is 0 Å². The third-order valence-corrected chi connectivity index (χ3v) is 4.32. The Morgan fingerprint density at radius 3 is 2.90 bits per heavy atom. The molecule has 0 saturated carbocycles. The number of likely N-dealkylation sites (tertiary alicyclic amines) is 1. The molecule has 3 rings (SSSR count). The SMILES string of the molecule is NC1CCCc2c(OCC(=O)N3CCCC3)cccc21. The molecule has 0 radical (unpaired) electrons. The molecule has 1 aliphatic carbocycles. The van der Waals surface area contributed by atoms with Crippen molar-refractivity contribution in [2.45, 2.75) is 38.1 Å². The lowest BCUT2D eigenvalue weighted by atomic mass is 9.88. The van der Waals surface area contributed by atoms with Gasteiger partial charge < -0.3 is 15.4 Å². The van der Waals surface area contributed by atoms with Gasteiger partial charge in [-0.05, 0) is 49.3 Å². The second kappa shape index (κ2) is 5.83. The highest BCUT2D eigenvalue weighted by Gasteiger charge is 2.22. The minimum atomic E-state index is 0.0974. The third kappa shape index (κ3) is 2.66. The topological polar surface area (TPSA) is 55.6 Å². The van der Waals surface area contributed by atoms with Gasteiger partial charge in [0.2, 0.25) is 0 Å². The maximum absolute atomic E-state index is 12.0. The van der Waals surface area contributed by atoms with Gasteiger partial charge in [-0.15, -0.1) is 0 Å². The molecule has 20 heavy (non-hydrogen) atoms. The van der Waals surface area contributed by atoms with Crippen LogP contribution in [0.3, 0.4) is 0 Å². The van der Waals surface area contributed by atoms with Gasteiger partial charge in [-0.25, -0.2) is 0 Å². The van der Waals surface area contributed by atoms with Crippen LogP contribution in [-0.4, -0.2) is 30.5 Å². The molecular weight excluding hydrogens is 252 g/mol. The lowest BCUT2D eigenvalue weighted by Gasteiger charge is -2.24. The van der Waals surface area contributed by atoms with E-state index in [0.29, 0.717) is 0 Å². The summed E-state index contributed by atoms with van der Waals surface area (Å²) in [6.45, 7) is 1.89. The molecule has 1 amide bonds. The van der Waals surface area contributed by atoms with Gasteiger partial charge in [-0.1, -0.05) is 12.1 Å². The van der Waals surface area contributed by atoms with Gasteiger partial charge in [0.15, 0.2) is 6.61 Å². The molecule has 4 nitrogen and oxygen atoms in total. The summed E-state index contributed by atoms with van der Waals surface area (Å²) in [6, 6.07) is 6.11. The van der Waals surface area contributed by atoms with E-state index in [1.165, 1.54) is 11.1 Å². The van der Waals surface area contributed by atoms with E-state index in [9.17, 15) is 4.79 Å². The number of hydrogen-bond donors (Lipinski definition) is 1. The van der Waals surface area contributed by atoms with Crippen molar-refractivity contribution in [1.82, 2.24) is 4.90 Å². The van der Waals surface area contributed by atoms with Crippen molar-refractivity contribution >= 4 is 5.91 Å². The fourth-order valence-electron chi connectivity index (χ4n) is 3.18. The Bertz CT molecular complexity index is 495. The first-order valence-corrected chi connectivity index (χ1v) is 7.53. The maximum atomic E-state index is 12.0.